The Morgan fingerprint density at radius 3 is 2.29 bits per heavy atom. The van der Waals surface area contributed by atoms with Crippen LogP contribution in [0.4, 0.5) is 5.69 Å². The van der Waals surface area contributed by atoms with Crippen LogP contribution in [0.3, 0.4) is 0 Å². The number of halogens is 2. The minimum absolute atomic E-state index is 0.434. The highest BCUT2D eigenvalue weighted by Gasteiger charge is 2.13. The quantitative estimate of drug-likeness (QED) is 0.494. The number of amides is 2. The van der Waals surface area contributed by atoms with Gasteiger partial charge in [0.1, 0.15) is 0 Å². The summed E-state index contributed by atoms with van der Waals surface area (Å²) in [7, 11) is 0. The van der Waals surface area contributed by atoms with Crippen LogP contribution in [0, 0.1) is 6.92 Å². The molecule has 0 aliphatic heterocycles. The zero-order valence-corrected chi connectivity index (χ0v) is 14.6. The van der Waals surface area contributed by atoms with E-state index in [4.69, 9.17) is 23.2 Å². The molecule has 0 spiro atoms. The molecule has 0 fully saturated rings. The molecule has 2 aromatic rings. The van der Waals surface area contributed by atoms with Gasteiger partial charge in [-0.2, -0.15) is 5.10 Å². The summed E-state index contributed by atoms with van der Waals surface area (Å²) in [5.74, 6) is -1.71. The number of rotatable bonds is 3. The van der Waals surface area contributed by atoms with Crippen LogP contribution in [0.15, 0.2) is 47.6 Å². The predicted octanol–water partition coefficient (Wildman–Crippen LogP) is 3.78. The molecule has 0 radical (unpaired) electrons. The molecular formula is C17H15Cl2N3O2. The van der Waals surface area contributed by atoms with Gasteiger partial charge >= 0.3 is 11.8 Å². The van der Waals surface area contributed by atoms with Gasteiger partial charge in [0.25, 0.3) is 0 Å². The molecule has 0 saturated heterocycles. The summed E-state index contributed by atoms with van der Waals surface area (Å²) in [6.07, 6.45) is 0. The molecule has 2 N–H and O–H groups in total. The van der Waals surface area contributed by atoms with Gasteiger partial charge in [0.05, 0.1) is 5.71 Å². The van der Waals surface area contributed by atoms with Crippen molar-refractivity contribution in [3.8, 4) is 0 Å². The van der Waals surface area contributed by atoms with Gasteiger partial charge in [-0.15, -0.1) is 0 Å². The third-order valence-corrected chi connectivity index (χ3v) is 3.88. The van der Waals surface area contributed by atoms with E-state index in [1.807, 2.05) is 6.92 Å². The molecule has 0 aliphatic rings. The van der Waals surface area contributed by atoms with Crippen molar-refractivity contribution in [1.29, 1.82) is 0 Å². The van der Waals surface area contributed by atoms with Crippen LogP contribution >= 0.6 is 23.2 Å². The van der Waals surface area contributed by atoms with Crippen molar-refractivity contribution in [2.75, 3.05) is 5.32 Å². The Morgan fingerprint density at radius 2 is 1.67 bits per heavy atom. The number of carbonyl (C=O) groups is 2. The van der Waals surface area contributed by atoms with E-state index < -0.39 is 11.8 Å². The van der Waals surface area contributed by atoms with Gasteiger partial charge in [0.2, 0.25) is 0 Å². The first-order valence-corrected chi connectivity index (χ1v) is 7.80. The molecule has 0 bridgehead atoms. The molecule has 0 saturated carbocycles. The van der Waals surface area contributed by atoms with Gasteiger partial charge in [-0.1, -0.05) is 41.4 Å². The number of hydrogen-bond donors (Lipinski definition) is 2. The second-order valence-electron chi connectivity index (χ2n) is 5.06. The minimum atomic E-state index is -0.875. The van der Waals surface area contributed by atoms with Crippen LogP contribution in [0.1, 0.15) is 18.1 Å². The van der Waals surface area contributed by atoms with E-state index in [9.17, 15) is 9.59 Å². The van der Waals surface area contributed by atoms with Crippen molar-refractivity contribution in [3.63, 3.8) is 0 Å². The second kappa shape index (κ2) is 7.95. The Labute approximate surface area is 149 Å². The van der Waals surface area contributed by atoms with E-state index in [2.05, 4.69) is 15.8 Å². The van der Waals surface area contributed by atoms with E-state index in [1.165, 1.54) is 0 Å². The Kier molecular flexibility index (Phi) is 5.95. The fourth-order valence-electron chi connectivity index (χ4n) is 1.80. The van der Waals surface area contributed by atoms with Crippen molar-refractivity contribution in [2.45, 2.75) is 13.8 Å². The molecule has 2 aromatic carbocycles. The number of hydrazone groups is 1. The normalized spacial score (nSPS) is 11.1. The van der Waals surface area contributed by atoms with Crippen molar-refractivity contribution < 1.29 is 9.59 Å². The molecule has 124 valence electrons. The maximum Gasteiger partial charge on any atom is 0.329 e. The Morgan fingerprint density at radius 1 is 1.00 bits per heavy atom. The van der Waals surface area contributed by atoms with Gasteiger partial charge in [0, 0.05) is 15.7 Å². The van der Waals surface area contributed by atoms with Gasteiger partial charge in [-0.25, -0.2) is 5.43 Å². The van der Waals surface area contributed by atoms with E-state index in [-0.39, 0.29) is 0 Å². The lowest BCUT2D eigenvalue weighted by molar-refractivity contribution is -0.136. The first-order valence-electron chi connectivity index (χ1n) is 7.04. The van der Waals surface area contributed by atoms with Crippen LogP contribution in [-0.4, -0.2) is 17.5 Å². The van der Waals surface area contributed by atoms with Crippen LogP contribution in [0.25, 0.3) is 0 Å². The summed E-state index contributed by atoms with van der Waals surface area (Å²) in [5, 5.41) is 7.47. The van der Waals surface area contributed by atoms with E-state index >= 15 is 0 Å². The molecule has 0 atom stereocenters. The number of hydrogen-bond acceptors (Lipinski definition) is 3. The number of anilines is 1. The van der Waals surface area contributed by atoms with E-state index in [0.717, 1.165) is 11.1 Å². The number of carbonyl (C=O) groups excluding carboxylic acids is 2. The second-order valence-corrected chi connectivity index (χ2v) is 5.91. The van der Waals surface area contributed by atoms with E-state index in [1.54, 1.807) is 49.4 Å². The number of aryl methyl sites for hydroxylation is 1. The maximum atomic E-state index is 11.8. The van der Waals surface area contributed by atoms with Crippen molar-refractivity contribution >= 4 is 46.4 Å². The third-order valence-electron chi connectivity index (χ3n) is 3.22. The summed E-state index contributed by atoms with van der Waals surface area (Å²) in [6.45, 7) is 3.55. The van der Waals surface area contributed by atoms with Crippen LogP contribution in [0.2, 0.25) is 10.0 Å². The summed E-state index contributed by atoms with van der Waals surface area (Å²) in [6, 6.07) is 11.9. The molecule has 2 rings (SSSR count). The fourth-order valence-corrected chi connectivity index (χ4v) is 2.11. The van der Waals surface area contributed by atoms with Gasteiger partial charge < -0.3 is 5.32 Å². The van der Waals surface area contributed by atoms with Crippen LogP contribution in [0.5, 0.6) is 0 Å². The summed E-state index contributed by atoms with van der Waals surface area (Å²) < 4.78 is 0. The monoisotopic (exact) mass is 363 g/mol. The van der Waals surface area contributed by atoms with Crippen molar-refractivity contribution in [2.24, 2.45) is 5.10 Å². The highest BCUT2D eigenvalue weighted by molar-refractivity contribution is 6.40. The highest BCUT2D eigenvalue weighted by Crippen LogP contribution is 2.19. The SMILES string of the molecule is C/C(=N\NC(=O)C(=O)Nc1ccc(C)c(Cl)c1)c1ccc(Cl)cc1. The molecule has 5 nitrogen and oxygen atoms in total. The molecule has 2 amide bonds. The minimum Gasteiger partial charge on any atom is -0.318 e. The molecule has 0 unspecified atom stereocenters. The first kappa shape index (κ1) is 18.0. The average molecular weight is 364 g/mol. The molecule has 0 aliphatic carbocycles. The average Bonchev–Trinajstić information content (AvgIpc) is 2.56. The Bertz CT molecular complexity index is 802. The zero-order valence-electron chi connectivity index (χ0n) is 13.1. The van der Waals surface area contributed by atoms with Gasteiger partial charge in [0.15, 0.2) is 0 Å². The molecular weight excluding hydrogens is 349 g/mol. The number of benzene rings is 2. The van der Waals surface area contributed by atoms with Crippen LogP contribution < -0.4 is 10.7 Å². The lowest BCUT2D eigenvalue weighted by Gasteiger charge is -2.06. The molecule has 0 aromatic heterocycles. The van der Waals surface area contributed by atoms with Crippen molar-refractivity contribution in [3.05, 3.63) is 63.6 Å². The topological polar surface area (TPSA) is 70.6 Å². The standard InChI is InChI=1S/C17H15Cl2N3O2/c1-10-3-8-14(9-15(10)19)20-16(23)17(24)22-21-11(2)12-4-6-13(18)7-5-12/h3-9H,1-2H3,(H,20,23)(H,22,24)/b21-11+. The van der Waals surface area contributed by atoms with Gasteiger partial charge in [-0.05, 0) is 49.2 Å². The Balaban J connectivity index is 1.98. The number of nitrogens with one attached hydrogen (secondary N) is 2. The zero-order chi connectivity index (χ0) is 17.7. The third kappa shape index (κ3) is 4.81. The maximum absolute atomic E-state index is 11.8. The fraction of sp³-hybridized carbons (Fsp3) is 0.118. The predicted molar refractivity (Wildman–Crippen MR) is 96.6 cm³/mol. The highest BCUT2D eigenvalue weighted by atomic mass is 35.5. The van der Waals surface area contributed by atoms with Crippen molar-refractivity contribution in [1.82, 2.24) is 5.43 Å². The lowest BCUT2D eigenvalue weighted by atomic mass is 10.1. The first-order chi connectivity index (χ1) is 11.4. The molecule has 0 heterocycles. The summed E-state index contributed by atoms with van der Waals surface area (Å²) in [5.41, 5.74) is 4.85. The molecule has 24 heavy (non-hydrogen) atoms. The van der Waals surface area contributed by atoms with E-state index in [0.29, 0.717) is 21.4 Å². The molecule has 7 heteroatoms. The lowest BCUT2D eigenvalue weighted by Crippen LogP contribution is -2.32. The summed E-state index contributed by atoms with van der Waals surface area (Å²) >= 11 is 11.8. The van der Waals surface area contributed by atoms with Gasteiger partial charge in [-0.3, -0.25) is 9.59 Å². The summed E-state index contributed by atoms with van der Waals surface area (Å²) in [4.78, 5) is 23.7. The Hall–Kier alpha value is -2.37. The largest absolute Gasteiger partial charge is 0.329 e. The number of nitrogens with zero attached hydrogens (tertiary/aromatic N) is 1. The smallest absolute Gasteiger partial charge is 0.318 e. The van der Waals surface area contributed by atoms with Crippen LogP contribution in [-0.2, 0) is 9.59 Å².